The van der Waals surface area contributed by atoms with Crippen molar-refractivity contribution in [2.24, 2.45) is 0 Å². The zero-order valence-electron chi connectivity index (χ0n) is 32.6. The fourth-order valence-corrected chi connectivity index (χ4v) is 11.9. The standard InChI is InChI=1S/C41H59N5O4Si2/c1-9-49-41(48)46(52(10-2,11-3)12-4)39(25-24-38-42-28-34(43-38)30-50-31(5)51(6,7)8)45-27-26-44(29-33-19-14-16-23-37(33)45)40(47)36-22-17-20-32-18-13-15-21-35(32)36/h13-23,28,31,39H,9-12,24-27,29-30H2,1-8H3,(H,42,43). The summed E-state index contributed by atoms with van der Waals surface area (Å²) in [6, 6.07) is 25.2. The Bertz CT molecular complexity index is 1790. The van der Waals surface area contributed by atoms with Crippen LogP contribution in [0.3, 0.4) is 0 Å². The maximum absolute atomic E-state index is 14.4. The fourth-order valence-electron chi connectivity index (χ4n) is 7.47. The van der Waals surface area contributed by atoms with Gasteiger partial charge in [0.1, 0.15) is 5.82 Å². The molecule has 0 aliphatic carbocycles. The van der Waals surface area contributed by atoms with Crippen molar-refractivity contribution >= 4 is 44.8 Å². The third-order valence-corrected chi connectivity index (χ3v) is 19.3. The Morgan fingerprint density at radius 3 is 2.33 bits per heavy atom. The maximum Gasteiger partial charge on any atom is 0.403 e. The van der Waals surface area contributed by atoms with E-state index in [2.05, 4.69) is 92.1 Å². The number of aryl methyl sites for hydroxylation is 1. The molecule has 4 aromatic rings. The van der Waals surface area contributed by atoms with E-state index in [1.165, 1.54) is 0 Å². The summed E-state index contributed by atoms with van der Waals surface area (Å²) in [5.41, 5.74) is 3.93. The molecule has 52 heavy (non-hydrogen) atoms. The molecule has 1 aromatic heterocycles. The minimum absolute atomic E-state index is 0.0143. The summed E-state index contributed by atoms with van der Waals surface area (Å²) in [6.07, 6.45) is 2.70. The van der Waals surface area contributed by atoms with Gasteiger partial charge in [-0.05, 0) is 66.9 Å². The number of H-pyrrole nitrogens is 1. The number of anilines is 1. The van der Waals surface area contributed by atoms with Crippen molar-refractivity contribution in [3.63, 3.8) is 0 Å². The SMILES string of the molecule is CCOC(=O)N(C(CCc1nc(COC(C)[Si](C)(C)C)c[nH]1)N1CCN(C(=O)c2cccc3ccccc23)Cc2ccccc21)[Si](CC)(CC)CC. The normalized spacial score (nSPS) is 14.8. The lowest BCUT2D eigenvalue weighted by molar-refractivity contribution is 0.0749. The summed E-state index contributed by atoms with van der Waals surface area (Å²) in [5, 5.41) is 2.01. The molecule has 5 rings (SSSR count). The minimum Gasteiger partial charge on any atom is -0.450 e. The van der Waals surface area contributed by atoms with Crippen molar-refractivity contribution in [3.05, 3.63) is 95.6 Å². The number of carbonyl (C=O) groups is 2. The summed E-state index contributed by atoms with van der Waals surface area (Å²) < 4.78 is 14.3. The molecule has 3 aromatic carbocycles. The highest BCUT2D eigenvalue weighted by atomic mass is 28.3. The van der Waals surface area contributed by atoms with Crippen molar-refractivity contribution in [2.75, 3.05) is 24.6 Å². The van der Waals surface area contributed by atoms with Crippen molar-refractivity contribution < 1.29 is 19.1 Å². The monoisotopic (exact) mass is 741 g/mol. The number of benzene rings is 3. The molecule has 0 spiro atoms. The van der Waals surface area contributed by atoms with Crippen LogP contribution in [-0.4, -0.2) is 79.3 Å². The fraction of sp³-hybridized carbons (Fsp3) is 0.488. The molecule has 1 aliphatic heterocycles. The molecule has 2 atom stereocenters. The van der Waals surface area contributed by atoms with Crippen LogP contribution >= 0.6 is 0 Å². The zero-order chi connectivity index (χ0) is 37.5. The van der Waals surface area contributed by atoms with Crippen molar-refractivity contribution in [2.45, 2.75) is 110 Å². The Kier molecular flexibility index (Phi) is 13.0. The van der Waals surface area contributed by atoms with Gasteiger partial charge < -0.3 is 28.8 Å². The predicted octanol–water partition coefficient (Wildman–Crippen LogP) is 9.23. The second-order valence-corrected chi connectivity index (χ2v) is 25.7. The van der Waals surface area contributed by atoms with Crippen LogP contribution in [0.5, 0.6) is 0 Å². The van der Waals surface area contributed by atoms with Gasteiger partial charge in [0.15, 0.2) is 8.24 Å². The number of hydrogen-bond donors (Lipinski definition) is 1. The molecule has 1 aliphatic rings. The highest BCUT2D eigenvalue weighted by molar-refractivity contribution is 6.79. The highest BCUT2D eigenvalue weighted by Gasteiger charge is 2.45. The highest BCUT2D eigenvalue weighted by Crippen LogP contribution is 2.36. The second-order valence-electron chi connectivity index (χ2n) is 15.1. The minimum atomic E-state index is -2.34. The van der Waals surface area contributed by atoms with Gasteiger partial charge in [-0.1, -0.05) is 95.0 Å². The molecule has 280 valence electrons. The Hall–Kier alpha value is -3.94. The van der Waals surface area contributed by atoms with Crippen LogP contribution in [0, 0.1) is 0 Å². The molecular weight excluding hydrogens is 683 g/mol. The molecule has 0 saturated heterocycles. The third kappa shape index (κ3) is 8.64. The number of carbonyl (C=O) groups excluding carboxylic acids is 2. The van der Waals surface area contributed by atoms with Crippen molar-refractivity contribution in [1.29, 1.82) is 0 Å². The topological polar surface area (TPSA) is 91.0 Å². The lowest BCUT2D eigenvalue weighted by Gasteiger charge is -2.49. The van der Waals surface area contributed by atoms with Gasteiger partial charge in [0.25, 0.3) is 5.91 Å². The van der Waals surface area contributed by atoms with E-state index in [4.69, 9.17) is 14.5 Å². The third-order valence-electron chi connectivity index (χ3n) is 11.2. The molecule has 11 heteroatoms. The molecule has 0 bridgehead atoms. The van der Waals surface area contributed by atoms with Gasteiger partial charge in [0.05, 0.1) is 33.1 Å². The Morgan fingerprint density at radius 2 is 1.62 bits per heavy atom. The summed E-state index contributed by atoms with van der Waals surface area (Å²) in [7, 11) is -3.77. The number of rotatable bonds is 15. The first-order chi connectivity index (χ1) is 25.0. The van der Waals surface area contributed by atoms with E-state index >= 15 is 0 Å². The molecule has 9 nitrogen and oxygen atoms in total. The van der Waals surface area contributed by atoms with Crippen LogP contribution in [0.15, 0.2) is 72.9 Å². The first-order valence-electron chi connectivity index (χ1n) is 19.2. The summed E-state index contributed by atoms with van der Waals surface area (Å²) in [5.74, 6) is 0.890. The molecule has 0 saturated carbocycles. The van der Waals surface area contributed by atoms with Crippen molar-refractivity contribution in [1.82, 2.24) is 19.4 Å². The molecule has 2 unspecified atom stereocenters. The van der Waals surface area contributed by atoms with E-state index in [1.807, 2.05) is 54.4 Å². The van der Waals surface area contributed by atoms with E-state index in [1.54, 1.807) is 0 Å². The van der Waals surface area contributed by atoms with E-state index in [0.29, 0.717) is 51.3 Å². The first kappa shape index (κ1) is 39.3. The van der Waals surface area contributed by atoms with Gasteiger partial charge >= 0.3 is 6.09 Å². The summed E-state index contributed by atoms with van der Waals surface area (Å²) in [6.45, 7) is 20.0. The quantitative estimate of drug-likeness (QED) is 0.122. The van der Waals surface area contributed by atoms with E-state index in [9.17, 15) is 9.59 Å². The Labute approximate surface area is 312 Å². The lowest BCUT2D eigenvalue weighted by Crippen LogP contribution is -2.64. The van der Waals surface area contributed by atoms with Crippen LogP contribution in [0.2, 0.25) is 37.8 Å². The van der Waals surface area contributed by atoms with Crippen LogP contribution in [-0.2, 0) is 29.0 Å². The number of fused-ring (bicyclic) bond motifs is 2. The largest absolute Gasteiger partial charge is 0.450 e. The number of imidazole rings is 1. The second kappa shape index (κ2) is 17.3. The smallest absolute Gasteiger partial charge is 0.403 e. The summed E-state index contributed by atoms with van der Waals surface area (Å²) in [4.78, 5) is 41.3. The average Bonchev–Trinajstić information content (AvgIpc) is 3.52. The summed E-state index contributed by atoms with van der Waals surface area (Å²) >= 11 is 0. The van der Waals surface area contributed by atoms with E-state index < -0.39 is 16.3 Å². The van der Waals surface area contributed by atoms with Gasteiger partial charge in [-0.2, -0.15) is 0 Å². The average molecular weight is 742 g/mol. The van der Waals surface area contributed by atoms with Gasteiger partial charge in [0.2, 0.25) is 0 Å². The number of nitrogens with one attached hydrogen (secondary N) is 1. The van der Waals surface area contributed by atoms with Crippen LogP contribution in [0.1, 0.15) is 68.5 Å². The number of amides is 2. The molecule has 0 radical (unpaired) electrons. The number of ether oxygens (including phenoxy) is 2. The molecule has 0 fully saturated rings. The molecule has 2 heterocycles. The van der Waals surface area contributed by atoms with E-state index in [-0.39, 0.29) is 23.9 Å². The Balaban J connectivity index is 1.51. The number of nitrogens with zero attached hydrogens (tertiary/aromatic N) is 4. The maximum atomic E-state index is 14.4. The molecule has 2 amide bonds. The van der Waals surface area contributed by atoms with Crippen LogP contribution < -0.4 is 4.90 Å². The number of para-hydroxylation sites is 1. The molecular formula is C41H59N5O4Si2. The van der Waals surface area contributed by atoms with Gasteiger partial charge in [-0.15, -0.1) is 0 Å². The predicted molar refractivity (Wildman–Crippen MR) is 217 cm³/mol. The lowest BCUT2D eigenvalue weighted by atomic mass is 10.0. The van der Waals surface area contributed by atoms with E-state index in [0.717, 1.165) is 51.7 Å². The Morgan fingerprint density at radius 1 is 0.923 bits per heavy atom. The number of aromatic amines is 1. The van der Waals surface area contributed by atoms with Gasteiger partial charge in [-0.25, -0.2) is 9.78 Å². The number of aromatic nitrogens is 2. The number of hydrogen-bond acceptors (Lipinski definition) is 6. The van der Waals surface area contributed by atoms with Crippen molar-refractivity contribution in [3.8, 4) is 0 Å². The first-order valence-corrected chi connectivity index (χ1v) is 25.3. The van der Waals surface area contributed by atoms with Crippen LogP contribution in [0.4, 0.5) is 10.5 Å². The van der Waals surface area contributed by atoms with Gasteiger partial charge in [-0.3, -0.25) is 4.79 Å². The van der Waals surface area contributed by atoms with Crippen LogP contribution in [0.25, 0.3) is 10.8 Å². The van der Waals surface area contributed by atoms with Gasteiger partial charge in [0, 0.05) is 49.2 Å². The zero-order valence-corrected chi connectivity index (χ0v) is 34.6. The molecule has 1 N–H and O–H groups in total.